The molecule has 3 aromatic rings. The molecule has 1 unspecified atom stereocenters. The van der Waals surface area contributed by atoms with E-state index in [0.29, 0.717) is 26.4 Å². The van der Waals surface area contributed by atoms with E-state index >= 15 is 0 Å². The highest BCUT2D eigenvalue weighted by molar-refractivity contribution is 5.62. The van der Waals surface area contributed by atoms with Crippen LogP contribution < -0.4 is 0 Å². The van der Waals surface area contributed by atoms with Crippen molar-refractivity contribution in [3.05, 3.63) is 101 Å². The minimum Gasteiger partial charge on any atom is -0.376 e. The van der Waals surface area contributed by atoms with Gasteiger partial charge in [-0.15, -0.1) is 0 Å². The molecular formula is C34H40N2O3. The number of aryl methyl sites for hydroxylation is 1. The van der Waals surface area contributed by atoms with E-state index in [-0.39, 0.29) is 11.0 Å². The first-order valence-corrected chi connectivity index (χ1v) is 14.3. The highest BCUT2D eigenvalue weighted by Crippen LogP contribution is 2.47. The third-order valence-electron chi connectivity index (χ3n) is 8.90. The summed E-state index contributed by atoms with van der Waals surface area (Å²) in [7, 11) is 0. The highest BCUT2D eigenvalue weighted by Gasteiger charge is 2.49. The fourth-order valence-corrected chi connectivity index (χ4v) is 6.24. The number of rotatable bonds is 7. The van der Waals surface area contributed by atoms with Crippen LogP contribution in [-0.4, -0.2) is 35.4 Å². The number of nitrogens with zero attached hydrogens (tertiary/aromatic N) is 2. The summed E-state index contributed by atoms with van der Waals surface area (Å²) < 4.78 is 21.0. The van der Waals surface area contributed by atoms with E-state index in [1.165, 1.54) is 22.3 Å². The molecule has 5 nitrogen and oxygen atoms in total. The Labute approximate surface area is 232 Å². The average Bonchev–Trinajstić information content (AvgIpc) is 3.62. The smallest absolute Gasteiger partial charge is 0.168 e. The highest BCUT2D eigenvalue weighted by atomic mass is 16.7. The van der Waals surface area contributed by atoms with E-state index in [9.17, 15) is 0 Å². The van der Waals surface area contributed by atoms with Crippen LogP contribution in [0.2, 0.25) is 0 Å². The Hall–Kier alpha value is -2.99. The van der Waals surface area contributed by atoms with Crippen molar-refractivity contribution in [2.24, 2.45) is 0 Å². The van der Waals surface area contributed by atoms with Crippen molar-refractivity contribution in [2.45, 2.75) is 76.2 Å². The van der Waals surface area contributed by atoms with Crippen molar-refractivity contribution >= 4 is 0 Å². The zero-order valence-electron chi connectivity index (χ0n) is 23.5. The monoisotopic (exact) mass is 524 g/mol. The van der Waals surface area contributed by atoms with Crippen LogP contribution in [0.5, 0.6) is 0 Å². The summed E-state index contributed by atoms with van der Waals surface area (Å²) in [5.41, 5.74) is 6.76. The van der Waals surface area contributed by atoms with Crippen LogP contribution in [0.25, 0.3) is 11.3 Å². The summed E-state index contributed by atoms with van der Waals surface area (Å²) in [6.45, 7) is 9.16. The zero-order valence-corrected chi connectivity index (χ0v) is 23.5. The molecule has 39 heavy (non-hydrogen) atoms. The van der Waals surface area contributed by atoms with Crippen molar-refractivity contribution in [3.63, 3.8) is 0 Å². The summed E-state index contributed by atoms with van der Waals surface area (Å²) in [5.74, 6) is -0.439. The van der Waals surface area contributed by atoms with Gasteiger partial charge in [0.1, 0.15) is 0 Å². The average molecular weight is 525 g/mol. The van der Waals surface area contributed by atoms with Crippen LogP contribution in [0.15, 0.2) is 84.5 Å². The number of hydrogen-bond acceptors (Lipinski definition) is 4. The van der Waals surface area contributed by atoms with Gasteiger partial charge in [0.25, 0.3) is 0 Å². The molecule has 1 saturated heterocycles. The molecule has 0 radical (unpaired) electrons. The van der Waals surface area contributed by atoms with Crippen LogP contribution in [0, 0.1) is 6.92 Å². The normalized spacial score (nSPS) is 23.7. The minimum absolute atomic E-state index is 0.208. The molecule has 1 spiro atoms. The Balaban J connectivity index is 1.38. The molecule has 1 aliphatic heterocycles. The fraction of sp³-hybridized carbons (Fsp3) is 0.441. The quantitative estimate of drug-likeness (QED) is 0.327. The zero-order chi connectivity index (χ0) is 26.9. The molecule has 204 valence electrons. The maximum absolute atomic E-state index is 6.47. The van der Waals surface area contributed by atoms with Gasteiger partial charge in [0.2, 0.25) is 0 Å². The Kier molecular flexibility index (Phi) is 7.09. The van der Waals surface area contributed by atoms with Gasteiger partial charge in [-0.25, -0.2) is 0 Å². The third-order valence-corrected chi connectivity index (χ3v) is 8.90. The molecule has 0 N–H and O–H groups in total. The standard InChI is InChI=1S/C34H40N2O3/c1-26-9-11-29(12-10-26)30-23-31(35-36(30)32(3)15-13-27(2)14-16-32)33(25-37-24-28-7-5-4-6-8-28)17-19-34(20-18-33)38-21-22-39-34/h4-15,23H,16-22,24-25H2,1-3H3. The van der Waals surface area contributed by atoms with E-state index in [1.807, 2.05) is 6.07 Å². The lowest BCUT2D eigenvalue weighted by Gasteiger charge is -2.42. The van der Waals surface area contributed by atoms with Crippen molar-refractivity contribution in [3.8, 4) is 11.3 Å². The summed E-state index contributed by atoms with van der Waals surface area (Å²) in [5, 5.41) is 5.44. The van der Waals surface area contributed by atoms with Gasteiger partial charge < -0.3 is 14.2 Å². The van der Waals surface area contributed by atoms with Crippen LogP contribution in [0.4, 0.5) is 0 Å². The van der Waals surface area contributed by atoms with E-state index < -0.39 is 5.79 Å². The van der Waals surface area contributed by atoms with Gasteiger partial charge in [0, 0.05) is 18.3 Å². The van der Waals surface area contributed by atoms with Crippen molar-refractivity contribution < 1.29 is 14.2 Å². The van der Waals surface area contributed by atoms with Gasteiger partial charge in [-0.3, -0.25) is 4.68 Å². The number of allylic oxidation sites excluding steroid dienone is 4. The SMILES string of the molecule is CC1=CCC(C)(n2nc(C3(COCc4ccccc4)CCC4(CC3)OCCO4)cc2-c2ccc(C)cc2)C=C1. The molecule has 1 saturated carbocycles. The maximum Gasteiger partial charge on any atom is 0.168 e. The summed E-state index contributed by atoms with van der Waals surface area (Å²) in [6.07, 6.45) is 11.3. The second-order valence-electron chi connectivity index (χ2n) is 11.9. The number of aromatic nitrogens is 2. The molecule has 0 amide bonds. The van der Waals surface area contributed by atoms with Gasteiger partial charge in [-0.05, 0) is 57.2 Å². The first-order chi connectivity index (χ1) is 18.9. The van der Waals surface area contributed by atoms with Crippen LogP contribution >= 0.6 is 0 Å². The van der Waals surface area contributed by atoms with Gasteiger partial charge in [-0.2, -0.15) is 5.10 Å². The summed E-state index contributed by atoms with van der Waals surface area (Å²) in [6, 6.07) is 21.6. The Bertz CT molecular complexity index is 1340. The van der Waals surface area contributed by atoms with E-state index in [1.54, 1.807) is 0 Å². The molecule has 1 atom stereocenters. The molecule has 2 heterocycles. The second kappa shape index (κ2) is 10.5. The van der Waals surface area contributed by atoms with Gasteiger partial charge in [0.15, 0.2) is 5.79 Å². The molecule has 0 bridgehead atoms. The molecule has 3 aliphatic rings. The number of benzene rings is 2. The minimum atomic E-state index is -0.439. The molecule has 2 fully saturated rings. The first-order valence-electron chi connectivity index (χ1n) is 14.3. The first kappa shape index (κ1) is 26.2. The second-order valence-corrected chi connectivity index (χ2v) is 11.9. The largest absolute Gasteiger partial charge is 0.376 e. The third kappa shape index (κ3) is 5.28. The van der Waals surface area contributed by atoms with Crippen LogP contribution in [-0.2, 0) is 31.8 Å². The maximum atomic E-state index is 6.47. The molecular weight excluding hydrogens is 484 g/mol. The van der Waals surface area contributed by atoms with Gasteiger partial charge in [-0.1, -0.05) is 84.0 Å². The lowest BCUT2D eigenvalue weighted by molar-refractivity contribution is -0.188. The molecule has 2 aliphatic carbocycles. The van der Waals surface area contributed by atoms with Crippen molar-refractivity contribution in [1.29, 1.82) is 0 Å². The van der Waals surface area contributed by atoms with Crippen LogP contribution in [0.1, 0.15) is 62.8 Å². The van der Waals surface area contributed by atoms with E-state index in [4.69, 9.17) is 19.3 Å². The summed E-state index contributed by atoms with van der Waals surface area (Å²) >= 11 is 0. The van der Waals surface area contributed by atoms with Crippen molar-refractivity contribution in [2.75, 3.05) is 19.8 Å². The molecule has 1 aromatic heterocycles. The lowest BCUT2D eigenvalue weighted by atomic mass is 9.70. The number of hydrogen-bond donors (Lipinski definition) is 0. The Morgan fingerprint density at radius 2 is 1.64 bits per heavy atom. The topological polar surface area (TPSA) is 45.5 Å². The lowest BCUT2D eigenvalue weighted by Crippen LogP contribution is -2.45. The van der Waals surface area contributed by atoms with E-state index in [0.717, 1.165) is 43.5 Å². The summed E-state index contributed by atoms with van der Waals surface area (Å²) in [4.78, 5) is 0. The van der Waals surface area contributed by atoms with E-state index in [2.05, 4.69) is 98.3 Å². The predicted molar refractivity (Wildman–Crippen MR) is 154 cm³/mol. The van der Waals surface area contributed by atoms with Crippen molar-refractivity contribution in [1.82, 2.24) is 9.78 Å². The van der Waals surface area contributed by atoms with Gasteiger partial charge in [0.05, 0.1) is 43.4 Å². The molecule has 2 aromatic carbocycles. The molecule has 5 heteroatoms. The van der Waals surface area contributed by atoms with Crippen LogP contribution in [0.3, 0.4) is 0 Å². The molecule has 6 rings (SSSR count). The Morgan fingerprint density at radius 3 is 2.31 bits per heavy atom. The Morgan fingerprint density at radius 1 is 0.923 bits per heavy atom. The predicted octanol–water partition coefficient (Wildman–Crippen LogP) is 7.25. The fourth-order valence-electron chi connectivity index (χ4n) is 6.24. The number of ether oxygens (including phenoxy) is 3. The van der Waals surface area contributed by atoms with Gasteiger partial charge >= 0.3 is 0 Å².